The Labute approximate surface area is 170 Å². The quantitative estimate of drug-likeness (QED) is 0.358. The Balaban J connectivity index is 0.00000243. The van der Waals surface area contributed by atoms with E-state index in [1.165, 1.54) is 0 Å². The van der Waals surface area contributed by atoms with E-state index in [4.69, 9.17) is 4.74 Å². The van der Waals surface area contributed by atoms with Crippen molar-refractivity contribution in [1.29, 1.82) is 0 Å². The molecule has 0 amide bonds. The van der Waals surface area contributed by atoms with Gasteiger partial charge in [0.25, 0.3) is 0 Å². The maximum Gasteiger partial charge on any atom is 0.193 e. The second-order valence-electron chi connectivity index (χ2n) is 6.03. The first-order valence-corrected chi connectivity index (χ1v) is 8.38. The molecule has 2 heterocycles. The summed E-state index contributed by atoms with van der Waals surface area (Å²) in [5.41, 5.74) is 0.775. The van der Waals surface area contributed by atoms with Gasteiger partial charge in [-0.1, -0.05) is 0 Å². The van der Waals surface area contributed by atoms with Crippen molar-refractivity contribution in [1.82, 2.24) is 25.4 Å². The number of hydrogen-bond donors (Lipinski definition) is 3. The molecule has 1 fully saturated rings. The van der Waals surface area contributed by atoms with E-state index in [9.17, 15) is 5.11 Å². The summed E-state index contributed by atoms with van der Waals surface area (Å²) in [6.07, 6.45) is 3.56. The second kappa shape index (κ2) is 9.60. The van der Waals surface area contributed by atoms with Gasteiger partial charge in [-0.2, -0.15) is 5.10 Å². The molecule has 1 aromatic carbocycles. The number of halogens is 1. The van der Waals surface area contributed by atoms with Gasteiger partial charge in [0.05, 0.1) is 7.11 Å². The van der Waals surface area contributed by atoms with E-state index in [0.29, 0.717) is 12.5 Å². The van der Waals surface area contributed by atoms with Crippen LogP contribution in [0.4, 0.5) is 0 Å². The van der Waals surface area contributed by atoms with Gasteiger partial charge < -0.3 is 20.1 Å². The van der Waals surface area contributed by atoms with Crippen LogP contribution in [0.1, 0.15) is 30.1 Å². The summed E-state index contributed by atoms with van der Waals surface area (Å²) in [6.45, 7) is 2.28. The Bertz CT molecular complexity index is 714. The highest BCUT2D eigenvalue weighted by molar-refractivity contribution is 14.0. The lowest BCUT2D eigenvalue weighted by Crippen LogP contribution is -2.45. The second-order valence-corrected chi connectivity index (χ2v) is 6.03. The van der Waals surface area contributed by atoms with Crippen molar-refractivity contribution in [2.75, 3.05) is 27.2 Å². The molecular weight excluding hydrogens is 447 g/mol. The van der Waals surface area contributed by atoms with Crippen LogP contribution in [-0.4, -0.2) is 58.4 Å². The van der Waals surface area contributed by atoms with Gasteiger partial charge in [-0.25, -0.2) is 4.98 Å². The average Bonchev–Trinajstić information content (AvgIpc) is 3.19. The Kier molecular flexibility index (Phi) is 7.49. The number of rotatable bonds is 4. The molecule has 3 N–H and O–H groups in total. The number of phenols is 1. The Hall–Kier alpha value is -2.04. The number of hydrogen-bond acceptors (Lipinski definition) is 5. The van der Waals surface area contributed by atoms with Gasteiger partial charge >= 0.3 is 0 Å². The third kappa shape index (κ3) is 4.77. The number of methoxy groups -OCH3 is 1. The molecule has 0 saturated carbocycles. The van der Waals surface area contributed by atoms with E-state index in [1.807, 2.05) is 6.07 Å². The maximum absolute atomic E-state index is 10.0. The molecule has 8 nitrogen and oxygen atoms in total. The Morgan fingerprint density at radius 2 is 2.19 bits per heavy atom. The predicted octanol–water partition coefficient (Wildman–Crippen LogP) is 2.09. The first-order valence-electron chi connectivity index (χ1n) is 8.38. The highest BCUT2D eigenvalue weighted by Crippen LogP contribution is 2.25. The predicted molar refractivity (Wildman–Crippen MR) is 110 cm³/mol. The van der Waals surface area contributed by atoms with Crippen LogP contribution >= 0.6 is 24.0 Å². The largest absolute Gasteiger partial charge is 0.508 e. The Morgan fingerprint density at radius 3 is 2.81 bits per heavy atom. The molecule has 1 aliphatic rings. The number of H-pyrrole nitrogens is 1. The van der Waals surface area contributed by atoms with Crippen LogP contribution in [0.5, 0.6) is 11.5 Å². The number of nitrogens with zero attached hydrogens (tertiary/aromatic N) is 4. The lowest BCUT2D eigenvalue weighted by Gasteiger charge is -2.33. The van der Waals surface area contributed by atoms with Crippen LogP contribution in [0.2, 0.25) is 0 Å². The van der Waals surface area contributed by atoms with Gasteiger partial charge in [0.2, 0.25) is 0 Å². The fourth-order valence-electron chi connectivity index (χ4n) is 3.11. The molecule has 0 unspecified atom stereocenters. The minimum absolute atomic E-state index is 0. The standard InChI is InChI=1S/C17H24N6O2.HI/c1-18-17(19-10-13-9-14(25-2)3-4-15(13)24)23-7-5-12(6-8-23)16-20-11-21-22-16;/h3-4,9,11-12,24H,5-8,10H2,1-2H3,(H,18,19)(H,20,21,22);1H. The van der Waals surface area contributed by atoms with Crippen molar-refractivity contribution < 1.29 is 9.84 Å². The number of likely N-dealkylation sites (tertiary alicyclic amines) is 1. The summed E-state index contributed by atoms with van der Waals surface area (Å²) in [7, 11) is 3.39. The summed E-state index contributed by atoms with van der Waals surface area (Å²) in [5.74, 6) is 3.17. The van der Waals surface area contributed by atoms with E-state index < -0.39 is 0 Å². The Morgan fingerprint density at radius 1 is 1.42 bits per heavy atom. The van der Waals surface area contributed by atoms with Crippen molar-refractivity contribution in [2.24, 2.45) is 4.99 Å². The molecule has 0 atom stereocenters. The molecule has 26 heavy (non-hydrogen) atoms. The SMILES string of the molecule is CN=C(NCc1cc(OC)ccc1O)N1CCC(c2ncn[nH]2)CC1.I. The fourth-order valence-corrected chi connectivity index (χ4v) is 3.11. The maximum atomic E-state index is 10.0. The van der Waals surface area contributed by atoms with Crippen molar-refractivity contribution in [3.8, 4) is 11.5 Å². The lowest BCUT2D eigenvalue weighted by atomic mass is 9.96. The van der Waals surface area contributed by atoms with Gasteiger partial charge in [-0.3, -0.25) is 10.1 Å². The minimum atomic E-state index is 0. The summed E-state index contributed by atoms with van der Waals surface area (Å²) >= 11 is 0. The molecule has 3 rings (SSSR count). The van der Waals surface area contributed by atoms with Crippen LogP contribution in [0.3, 0.4) is 0 Å². The molecule has 142 valence electrons. The third-order valence-corrected chi connectivity index (χ3v) is 4.55. The molecule has 1 aliphatic heterocycles. The third-order valence-electron chi connectivity index (χ3n) is 4.55. The molecule has 0 bridgehead atoms. The molecule has 2 aromatic rings. The smallest absolute Gasteiger partial charge is 0.193 e. The molecule has 0 aliphatic carbocycles. The van der Waals surface area contributed by atoms with E-state index in [-0.39, 0.29) is 29.7 Å². The van der Waals surface area contributed by atoms with Gasteiger partial charge in [0.15, 0.2) is 5.96 Å². The molecule has 1 aromatic heterocycles. The number of phenolic OH excluding ortho intramolecular Hbond substituents is 1. The molecule has 0 spiro atoms. The zero-order valence-electron chi connectivity index (χ0n) is 15.0. The van der Waals surface area contributed by atoms with Crippen LogP contribution in [0.25, 0.3) is 0 Å². The molecular formula is C17H25IN6O2. The number of guanidine groups is 1. The topological polar surface area (TPSA) is 98.7 Å². The summed E-state index contributed by atoms with van der Waals surface area (Å²) in [5, 5.41) is 20.2. The summed E-state index contributed by atoms with van der Waals surface area (Å²) in [4.78, 5) is 10.9. The minimum Gasteiger partial charge on any atom is -0.508 e. The number of ether oxygens (including phenoxy) is 1. The van der Waals surface area contributed by atoms with Gasteiger partial charge in [0, 0.05) is 38.2 Å². The van der Waals surface area contributed by atoms with Crippen LogP contribution in [0, 0.1) is 0 Å². The number of aromatic hydroxyl groups is 1. The van der Waals surface area contributed by atoms with Crippen LogP contribution in [0.15, 0.2) is 29.5 Å². The van der Waals surface area contributed by atoms with Crippen molar-refractivity contribution in [3.05, 3.63) is 35.9 Å². The van der Waals surface area contributed by atoms with Gasteiger partial charge in [-0.05, 0) is 31.0 Å². The van der Waals surface area contributed by atoms with Crippen LogP contribution in [-0.2, 0) is 6.54 Å². The summed E-state index contributed by atoms with van der Waals surface area (Å²) in [6, 6.07) is 5.20. The summed E-state index contributed by atoms with van der Waals surface area (Å²) < 4.78 is 5.21. The number of aromatic amines is 1. The normalized spacial score (nSPS) is 15.5. The molecule has 0 radical (unpaired) electrons. The average molecular weight is 472 g/mol. The number of piperidine rings is 1. The van der Waals surface area contributed by atoms with E-state index in [0.717, 1.165) is 49.0 Å². The number of nitrogens with one attached hydrogen (secondary N) is 2. The first-order chi connectivity index (χ1) is 12.2. The lowest BCUT2D eigenvalue weighted by molar-refractivity contribution is 0.298. The van der Waals surface area contributed by atoms with Gasteiger partial charge in [0.1, 0.15) is 23.7 Å². The first kappa shape index (κ1) is 20.3. The monoisotopic (exact) mass is 472 g/mol. The highest BCUT2D eigenvalue weighted by Gasteiger charge is 2.24. The number of benzene rings is 1. The molecule has 1 saturated heterocycles. The zero-order chi connectivity index (χ0) is 17.6. The fraction of sp³-hybridized carbons (Fsp3) is 0.471. The van der Waals surface area contributed by atoms with Crippen LogP contribution < -0.4 is 10.1 Å². The number of aliphatic imine (C=N–C) groups is 1. The highest BCUT2D eigenvalue weighted by atomic mass is 127. The van der Waals surface area contributed by atoms with E-state index in [1.54, 1.807) is 32.6 Å². The van der Waals surface area contributed by atoms with Crippen molar-refractivity contribution >= 4 is 29.9 Å². The zero-order valence-corrected chi connectivity index (χ0v) is 17.3. The van der Waals surface area contributed by atoms with E-state index in [2.05, 4.69) is 30.4 Å². The van der Waals surface area contributed by atoms with Crippen molar-refractivity contribution in [3.63, 3.8) is 0 Å². The number of aromatic nitrogens is 3. The molecule has 9 heteroatoms. The van der Waals surface area contributed by atoms with E-state index >= 15 is 0 Å². The van der Waals surface area contributed by atoms with Gasteiger partial charge in [-0.15, -0.1) is 24.0 Å². The van der Waals surface area contributed by atoms with Crippen molar-refractivity contribution in [2.45, 2.75) is 25.3 Å².